The molecular weight excluding hydrogens is 308 g/mol. The van der Waals surface area contributed by atoms with Gasteiger partial charge < -0.3 is 0 Å². The molecule has 2 aliphatic carbocycles. The van der Waals surface area contributed by atoms with Crippen molar-refractivity contribution in [3.8, 4) is 0 Å². The van der Waals surface area contributed by atoms with E-state index in [4.69, 9.17) is 0 Å². The second-order valence-corrected chi connectivity index (χ2v) is 8.69. The van der Waals surface area contributed by atoms with Gasteiger partial charge in [0, 0.05) is 29.7 Å². The zero-order valence-corrected chi connectivity index (χ0v) is 15.5. The second kappa shape index (κ2) is 5.42. The van der Waals surface area contributed by atoms with Crippen molar-refractivity contribution in [1.29, 1.82) is 0 Å². The van der Waals surface area contributed by atoms with E-state index in [2.05, 4.69) is 62.2 Å². The van der Waals surface area contributed by atoms with Gasteiger partial charge in [-0.3, -0.25) is 9.89 Å². The van der Waals surface area contributed by atoms with Crippen LogP contribution in [0.4, 0.5) is 0 Å². The lowest BCUT2D eigenvalue weighted by atomic mass is 9.54. The lowest BCUT2D eigenvalue weighted by Crippen LogP contribution is -2.45. The van der Waals surface area contributed by atoms with E-state index < -0.39 is 5.41 Å². The fourth-order valence-corrected chi connectivity index (χ4v) is 5.17. The molecule has 2 aliphatic rings. The molecule has 1 aromatic carbocycles. The van der Waals surface area contributed by atoms with Crippen LogP contribution in [-0.4, -0.2) is 16.0 Å². The second-order valence-electron chi connectivity index (χ2n) is 8.69. The van der Waals surface area contributed by atoms with Gasteiger partial charge >= 0.3 is 0 Å². The van der Waals surface area contributed by atoms with Crippen LogP contribution >= 0.6 is 0 Å². The van der Waals surface area contributed by atoms with Gasteiger partial charge in [-0.15, -0.1) is 0 Å². The van der Waals surface area contributed by atoms with E-state index >= 15 is 0 Å². The van der Waals surface area contributed by atoms with Crippen LogP contribution in [0.15, 0.2) is 47.7 Å². The zero-order chi connectivity index (χ0) is 17.8. The Kier molecular flexibility index (Phi) is 3.54. The summed E-state index contributed by atoms with van der Waals surface area (Å²) < 4.78 is 0. The van der Waals surface area contributed by atoms with Crippen molar-refractivity contribution in [2.75, 3.05) is 0 Å². The van der Waals surface area contributed by atoms with Gasteiger partial charge in [-0.05, 0) is 23.3 Å². The molecule has 4 rings (SSSR count). The van der Waals surface area contributed by atoms with E-state index in [1.165, 1.54) is 22.4 Å². The molecule has 1 aromatic heterocycles. The predicted octanol–water partition coefficient (Wildman–Crippen LogP) is 4.59. The van der Waals surface area contributed by atoms with Gasteiger partial charge in [0.15, 0.2) is 5.78 Å². The maximum atomic E-state index is 13.4. The van der Waals surface area contributed by atoms with Gasteiger partial charge in [0.05, 0.1) is 11.6 Å². The normalized spacial score (nSPS) is 25.1. The highest BCUT2D eigenvalue weighted by Gasteiger charge is 2.52. The number of allylic oxidation sites excluding steroid dienone is 2. The van der Waals surface area contributed by atoms with Crippen molar-refractivity contribution in [3.05, 3.63) is 64.5 Å². The van der Waals surface area contributed by atoms with Crippen LogP contribution in [0.3, 0.4) is 0 Å². The molecular formula is C22H26N2O. The minimum atomic E-state index is -0.398. The number of hydrogen-bond donors (Lipinski definition) is 1. The Balaban J connectivity index is 2.07. The number of fused-ring (bicyclic) bond motifs is 1. The Morgan fingerprint density at radius 2 is 1.84 bits per heavy atom. The van der Waals surface area contributed by atoms with E-state index in [0.717, 1.165) is 18.4 Å². The molecule has 0 fully saturated rings. The maximum absolute atomic E-state index is 13.4. The van der Waals surface area contributed by atoms with E-state index in [9.17, 15) is 4.79 Å². The number of carbonyl (C=O) groups excluding carboxylic acids is 1. The molecule has 0 amide bonds. The summed E-state index contributed by atoms with van der Waals surface area (Å²) >= 11 is 0. The molecule has 25 heavy (non-hydrogen) atoms. The number of rotatable bonds is 2. The molecule has 0 saturated heterocycles. The van der Waals surface area contributed by atoms with E-state index in [0.29, 0.717) is 12.2 Å². The first-order valence-electron chi connectivity index (χ1n) is 9.20. The lowest BCUT2D eigenvalue weighted by molar-refractivity contribution is -0.119. The average Bonchev–Trinajstić information content (AvgIpc) is 3.00. The highest BCUT2D eigenvalue weighted by atomic mass is 16.1. The van der Waals surface area contributed by atoms with E-state index in [1.54, 1.807) is 0 Å². The highest BCUT2D eigenvalue weighted by molar-refractivity contribution is 6.01. The summed E-state index contributed by atoms with van der Waals surface area (Å²) in [6.07, 6.45) is 4.37. The van der Waals surface area contributed by atoms with Crippen molar-refractivity contribution < 1.29 is 4.79 Å². The molecule has 0 bridgehead atoms. The predicted molar refractivity (Wildman–Crippen MR) is 99.4 cm³/mol. The third-order valence-corrected chi connectivity index (χ3v) is 5.99. The molecule has 0 unspecified atom stereocenters. The monoisotopic (exact) mass is 334 g/mol. The first-order chi connectivity index (χ1) is 11.9. The number of nitrogens with one attached hydrogen (secondary N) is 1. The van der Waals surface area contributed by atoms with Crippen LogP contribution in [0.1, 0.15) is 57.4 Å². The van der Waals surface area contributed by atoms with Crippen LogP contribution in [0, 0.1) is 11.3 Å². The lowest BCUT2D eigenvalue weighted by Gasteiger charge is -2.47. The summed E-state index contributed by atoms with van der Waals surface area (Å²) in [5, 5.41) is 7.58. The van der Waals surface area contributed by atoms with Gasteiger partial charge in [-0.1, -0.05) is 63.6 Å². The van der Waals surface area contributed by atoms with Crippen LogP contribution < -0.4 is 0 Å². The fourth-order valence-electron chi connectivity index (χ4n) is 5.17. The first-order valence-corrected chi connectivity index (χ1v) is 9.20. The largest absolute Gasteiger partial charge is 0.294 e. The average molecular weight is 334 g/mol. The summed E-state index contributed by atoms with van der Waals surface area (Å²) in [4.78, 5) is 13.4. The number of hydrogen-bond acceptors (Lipinski definition) is 2. The molecule has 1 atom stereocenters. The Hall–Kier alpha value is -2.16. The van der Waals surface area contributed by atoms with Gasteiger partial charge in [0.25, 0.3) is 0 Å². The standard InChI is InChI=1S/C22H26N2O/c1-14(2)22(16-8-6-5-7-9-16)17-13-23-24-18(17)10-15-11-21(3,4)12-19(25)20(15)22/h5-9,13-14H,10-12H2,1-4H3,(H,23,24)/t22-/m0/s1. The molecule has 0 radical (unpaired) electrons. The zero-order valence-electron chi connectivity index (χ0n) is 15.5. The maximum Gasteiger partial charge on any atom is 0.160 e. The minimum absolute atomic E-state index is 0.0346. The number of ketones is 1. The molecule has 3 heteroatoms. The van der Waals surface area contributed by atoms with E-state index in [-0.39, 0.29) is 11.3 Å². The molecule has 1 heterocycles. The van der Waals surface area contributed by atoms with Gasteiger partial charge in [-0.25, -0.2) is 0 Å². The Labute approximate surface area is 149 Å². The van der Waals surface area contributed by atoms with Crippen molar-refractivity contribution in [2.24, 2.45) is 11.3 Å². The molecule has 0 spiro atoms. The van der Waals surface area contributed by atoms with Crippen molar-refractivity contribution >= 4 is 5.78 Å². The molecule has 1 N–H and O–H groups in total. The van der Waals surface area contributed by atoms with Crippen LogP contribution in [0.25, 0.3) is 0 Å². The van der Waals surface area contributed by atoms with Gasteiger partial charge in [0.1, 0.15) is 0 Å². The first kappa shape index (κ1) is 16.3. The van der Waals surface area contributed by atoms with Crippen LogP contribution in [0.2, 0.25) is 0 Å². The SMILES string of the molecule is CC(C)[C@@]1(c2ccccc2)C2=C(Cc3[nH]ncc31)CC(C)(C)CC2=O. The number of benzene rings is 1. The summed E-state index contributed by atoms with van der Waals surface area (Å²) in [6.45, 7) is 8.87. The fraction of sp³-hybridized carbons (Fsp3) is 0.455. The van der Waals surface area contributed by atoms with Crippen LogP contribution in [0.5, 0.6) is 0 Å². The molecule has 0 aliphatic heterocycles. The third-order valence-electron chi connectivity index (χ3n) is 5.99. The Morgan fingerprint density at radius 3 is 2.52 bits per heavy atom. The number of carbonyl (C=O) groups is 1. The molecule has 130 valence electrons. The highest BCUT2D eigenvalue weighted by Crippen LogP contribution is 2.55. The topological polar surface area (TPSA) is 45.8 Å². The molecule has 0 saturated carbocycles. The third kappa shape index (κ3) is 2.25. The summed E-state index contributed by atoms with van der Waals surface area (Å²) in [7, 11) is 0. The summed E-state index contributed by atoms with van der Waals surface area (Å²) in [5.74, 6) is 0.581. The van der Waals surface area contributed by atoms with E-state index in [1.807, 2.05) is 12.3 Å². The quantitative estimate of drug-likeness (QED) is 0.873. The number of aromatic nitrogens is 2. The summed E-state index contributed by atoms with van der Waals surface area (Å²) in [5.41, 5.74) is 5.53. The number of Topliss-reactive ketones (excluding diaryl/α,β-unsaturated/α-hetero) is 1. The Bertz CT molecular complexity index is 857. The number of aromatic amines is 1. The molecule has 2 aromatic rings. The molecule has 3 nitrogen and oxygen atoms in total. The number of H-pyrrole nitrogens is 1. The Morgan fingerprint density at radius 1 is 1.12 bits per heavy atom. The smallest absolute Gasteiger partial charge is 0.160 e. The van der Waals surface area contributed by atoms with Gasteiger partial charge in [0.2, 0.25) is 0 Å². The minimum Gasteiger partial charge on any atom is -0.294 e. The summed E-state index contributed by atoms with van der Waals surface area (Å²) in [6, 6.07) is 10.5. The van der Waals surface area contributed by atoms with Crippen LogP contribution in [-0.2, 0) is 16.6 Å². The van der Waals surface area contributed by atoms with Crippen molar-refractivity contribution in [3.63, 3.8) is 0 Å². The van der Waals surface area contributed by atoms with Crippen molar-refractivity contribution in [1.82, 2.24) is 10.2 Å². The van der Waals surface area contributed by atoms with Gasteiger partial charge in [-0.2, -0.15) is 5.10 Å². The van der Waals surface area contributed by atoms with Crippen molar-refractivity contribution in [2.45, 2.75) is 52.4 Å². The number of nitrogens with zero attached hydrogens (tertiary/aromatic N) is 1.